The van der Waals surface area contributed by atoms with Crippen molar-refractivity contribution in [1.29, 1.82) is 0 Å². The van der Waals surface area contributed by atoms with Crippen LogP contribution in [-0.4, -0.2) is 37.8 Å². The minimum Gasteiger partial charge on any atom is -0.493 e. The van der Waals surface area contributed by atoms with Gasteiger partial charge in [-0.2, -0.15) is 0 Å². The number of carbonyl (C=O) groups excluding carboxylic acids is 2. The Morgan fingerprint density at radius 3 is 2.32 bits per heavy atom. The van der Waals surface area contributed by atoms with Crippen LogP contribution in [-0.2, 0) is 9.53 Å². The Morgan fingerprint density at radius 1 is 1.00 bits per heavy atom. The molecule has 0 aliphatic rings. The molecule has 0 aliphatic carbocycles. The fourth-order valence-electron chi connectivity index (χ4n) is 2.10. The Bertz CT molecular complexity index is 730. The third-order valence-electron chi connectivity index (χ3n) is 3.44. The molecule has 6 heteroatoms. The predicted octanol–water partition coefficient (Wildman–Crippen LogP) is 3.61. The lowest BCUT2D eigenvalue weighted by Crippen LogP contribution is -2.21. The number of Topliss-reactive ketones (excluding diaryl/α,β-unsaturated/α-hetero) is 1. The van der Waals surface area contributed by atoms with Gasteiger partial charge in [0, 0.05) is 10.5 Å². The number of rotatable bonds is 8. The molecule has 0 radical (unpaired) electrons. The third kappa shape index (κ3) is 5.26. The van der Waals surface area contributed by atoms with Gasteiger partial charge in [0.2, 0.25) is 0 Å². The van der Waals surface area contributed by atoms with Gasteiger partial charge < -0.3 is 14.2 Å². The zero-order valence-corrected chi connectivity index (χ0v) is 15.2. The van der Waals surface area contributed by atoms with E-state index in [0.717, 1.165) is 4.90 Å². The minimum atomic E-state index is -0.428. The van der Waals surface area contributed by atoms with E-state index in [1.165, 1.54) is 26.0 Å². The van der Waals surface area contributed by atoms with Crippen molar-refractivity contribution in [2.24, 2.45) is 0 Å². The number of hydrogen-bond acceptors (Lipinski definition) is 6. The van der Waals surface area contributed by atoms with E-state index in [4.69, 9.17) is 14.2 Å². The molecule has 0 spiro atoms. The first-order valence-electron chi connectivity index (χ1n) is 7.68. The Labute approximate surface area is 151 Å². The maximum Gasteiger partial charge on any atom is 0.319 e. The summed E-state index contributed by atoms with van der Waals surface area (Å²) in [7, 11) is 3.02. The average Bonchev–Trinajstić information content (AvgIpc) is 2.65. The third-order valence-corrected chi connectivity index (χ3v) is 4.53. The monoisotopic (exact) mass is 360 g/mol. The maximum atomic E-state index is 12.2. The molecule has 0 fully saturated rings. The lowest BCUT2D eigenvalue weighted by molar-refractivity contribution is -0.141. The van der Waals surface area contributed by atoms with Crippen LogP contribution in [0.3, 0.4) is 0 Å². The second kappa shape index (κ2) is 9.13. The number of thioether (sulfide) groups is 1. The van der Waals surface area contributed by atoms with Gasteiger partial charge in [0.05, 0.1) is 14.2 Å². The molecule has 0 aromatic heterocycles. The van der Waals surface area contributed by atoms with E-state index >= 15 is 0 Å². The lowest BCUT2D eigenvalue weighted by atomic mass is 10.1. The summed E-state index contributed by atoms with van der Waals surface area (Å²) in [5.74, 6) is 0.255. The van der Waals surface area contributed by atoms with Crippen molar-refractivity contribution in [1.82, 2.24) is 0 Å². The highest BCUT2D eigenvalue weighted by Crippen LogP contribution is 2.28. The molecule has 25 heavy (non-hydrogen) atoms. The van der Waals surface area contributed by atoms with Gasteiger partial charge in [-0.1, -0.05) is 18.2 Å². The van der Waals surface area contributed by atoms with Crippen molar-refractivity contribution in [3.63, 3.8) is 0 Å². The Morgan fingerprint density at radius 2 is 1.68 bits per heavy atom. The molecule has 1 atom stereocenters. The second-order valence-electron chi connectivity index (χ2n) is 5.17. The van der Waals surface area contributed by atoms with Crippen molar-refractivity contribution in [3.05, 3.63) is 54.1 Å². The molecule has 0 saturated carbocycles. The van der Waals surface area contributed by atoms with Crippen LogP contribution in [0.25, 0.3) is 0 Å². The molecule has 0 aliphatic heterocycles. The van der Waals surface area contributed by atoms with E-state index < -0.39 is 11.2 Å². The standard InChI is InChI=1S/C19H20O5S/c1-13(25-15-7-5-4-6-8-15)19(21)24-12-16(20)14-9-10-17(22-2)18(11-14)23-3/h4-11,13H,12H2,1-3H3/t13-/m0/s1. The first kappa shape index (κ1) is 18.9. The van der Waals surface area contributed by atoms with Crippen LogP contribution in [0.1, 0.15) is 17.3 Å². The molecule has 0 unspecified atom stereocenters. The Kier molecular flexibility index (Phi) is 6.89. The molecule has 0 bridgehead atoms. The van der Waals surface area contributed by atoms with E-state index in [0.29, 0.717) is 17.1 Å². The first-order valence-corrected chi connectivity index (χ1v) is 8.56. The van der Waals surface area contributed by atoms with E-state index in [1.807, 2.05) is 30.3 Å². The average molecular weight is 360 g/mol. The topological polar surface area (TPSA) is 61.8 Å². The van der Waals surface area contributed by atoms with Crippen LogP contribution in [0.5, 0.6) is 11.5 Å². The van der Waals surface area contributed by atoms with Crippen LogP contribution in [0, 0.1) is 0 Å². The van der Waals surface area contributed by atoms with Crippen molar-refractivity contribution in [3.8, 4) is 11.5 Å². The van der Waals surface area contributed by atoms with Crippen molar-refractivity contribution >= 4 is 23.5 Å². The molecule has 0 N–H and O–H groups in total. The molecule has 0 heterocycles. The highest BCUT2D eigenvalue weighted by atomic mass is 32.2. The number of carbonyl (C=O) groups is 2. The molecule has 0 amide bonds. The van der Waals surface area contributed by atoms with Gasteiger partial charge in [-0.25, -0.2) is 0 Å². The summed E-state index contributed by atoms with van der Waals surface area (Å²) in [6, 6.07) is 14.4. The van der Waals surface area contributed by atoms with Gasteiger partial charge in [0.15, 0.2) is 23.9 Å². The van der Waals surface area contributed by atoms with Crippen LogP contribution in [0.4, 0.5) is 0 Å². The van der Waals surface area contributed by atoms with E-state index in [2.05, 4.69) is 0 Å². The molecular weight excluding hydrogens is 340 g/mol. The first-order chi connectivity index (χ1) is 12.0. The number of esters is 1. The number of ketones is 1. The lowest BCUT2D eigenvalue weighted by Gasteiger charge is -2.12. The normalized spacial score (nSPS) is 11.5. The summed E-state index contributed by atoms with van der Waals surface area (Å²) in [6.07, 6.45) is 0. The van der Waals surface area contributed by atoms with Gasteiger partial charge in [-0.05, 0) is 37.3 Å². The van der Waals surface area contributed by atoms with Crippen LogP contribution < -0.4 is 9.47 Å². The zero-order chi connectivity index (χ0) is 18.2. The van der Waals surface area contributed by atoms with Crippen LogP contribution in [0.15, 0.2) is 53.4 Å². The predicted molar refractivity (Wildman–Crippen MR) is 96.6 cm³/mol. The maximum absolute atomic E-state index is 12.2. The summed E-state index contributed by atoms with van der Waals surface area (Å²) in [5, 5.41) is -0.402. The van der Waals surface area contributed by atoms with Gasteiger partial charge in [0.1, 0.15) is 5.25 Å². The summed E-state index contributed by atoms with van der Waals surface area (Å²) in [4.78, 5) is 25.3. The fraction of sp³-hybridized carbons (Fsp3) is 0.263. The zero-order valence-electron chi connectivity index (χ0n) is 14.4. The fourth-order valence-corrected chi connectivity index (χ4v) is 2.99. The van der Waals surface area contributed by atoms with Crippen molar-refractivity contribution in [2.45, 2.75) is 17.1 Å². The quantitative estimate of drug-likeness (QED) is 0.407. The minimum absolute atomic E-state index is 0.300. The van der Waals surface area contributed by atoms with Crippen molar-refractivity contribution in [2.75, 3.05) is 20.8 Å². The van der Waals surface area contributed by atoms with Crippen LogP contribution in [0.2, 0.25) is 0 Å². The summed E-state index contributed by atoms with van der Waals surface area (Å²) in [5.41, 5.74) is 0.397. The highest BCUT2D eigenvalue weighted by molar-refractivity contribution is 8.00. The number of methoxy groups -OCH3 is 2. The van der Waals surface area contributed by atoms with Gasteiger partial charge >= 0.3 is 5.97 Å². The Balaban J connectivity index is 1.91. The summed E-state index contributed by atoms with van der Waals surface area (Å²) >= 11 is 1.39. The largest absolute Gasteiger partial charge is 0.493 e. The van der Waals surface area contributed by atoms with Crippen LogP contribution >= 0.6 is 11.8 Å². The van der Waals surface area contributed by atoms with Gasteiger partial charge in [-0.3, -0.25) is 9.59 Å². The van der Waals surface area contributed by atoms with E-state index in [9.17, 15) is 9.59 Å². The molecular formula is C19H20O5S. The van der Waals surface area contributed by atoms with Gasteiger partial charge in [0.25, 0.3) is 0 Å². The molecule has 2 aromatic carbocycles. The Hall–Kier alpha value is -2.47. The molecule has 2 aromatic rings. The number of hydrogen-bond donors (Lipinski definition) is 0. The molecule has 132 valence electrons. The van der Waals surface area contributed by atoms with Crippen molar-refractivity contribution < 1.29 is 23.8 Å². The number of ether oxygens (including phenoxy) is 3. The summed E-state index contributed by atoms with van der Waals surface area (Å²) < 4.78 is 15.4. The van der Waals surface area contributed by atoms with Gasteiger partial charge in [-0.15, -0.1) is 11.8 Å². The highest BCUT2D eigenvalue weighted by Gasteiger charge is 2.18. The number of benzene rings is 2. The van der Waals surface area contributed by atoms with E-state index in [1.54, 1.807) is 25.1 Å². The molecule has 5 nitrogen and oxygen atoms in total. The summed E-state index contributed by atoms with van der Waals surface area (Å²) in [6.45, 7) is 1.44. The smallest absolute Gasteiger partial charge is 0.319 e. The molecule has 0 saturated heterocycles. The second-order valence-corrected chi connectivity index (χ2v) is 6.59. The molecule has 2 rings (SSSR count). The van der Waals surface area contributed by atoms with E-state index in [-0.39, 0.29) is 12.4 Å². The SMILES string of the molecule is COc1ccc(C(=O)COC(=O)[C@H](C)Sc2ccccc2)cc1OC.